The van der Waals surface area contributed by atoms with Gasteiger partial charge in [-0.05, 0) is 43.7 Å². The minimum atomic E-state index is -0.550. The molecule has 8 heteroatoms. The summed E-state index contributed by atoms with van der Waals surface area (Å²) in [7, 11) is 0. The van der Waals surface area contributed by atoms with Gasteiger partial charge in [-0.2, -0.15) is 5.26 Å². The van der Waals surface area contributed by atoms with Gasteiger partial charge >= 0.3 is 0 Å². The zero-order valence-electron chi connectivity index (χ0n) is 13.6. The molecular weight excluding hydrogens is 388 g/mol. The standard InChI is InChI=1S/C17H15BrN4O3/c1-10-5-13(3-4-14(10)18)21-17(23)9-20-15-6-12(8-19)7-16(11(15)2)22(24)25/h3-7,20H,9H2,1-2H3,(H,21,23). The Labute approximate surface area is 152 Å². The Bertz CT molecular complexity index is 890. The molecule has 7 nitrogen and oxygen atoms in total. The number of carbonyl (C=O) groups excluding carboxylic acids is 1. The van der Waals surface area contributed by atoms with Crippen LogP contribution >= 0.6 is 15.9 Å². The molecule has 0 bridgehead atoms. The lowest BCUT2D eigenvalue weighted by Crippen LogP contribution is -2.22. The van der Waals surface area contributed by atoms with E-state index in [9.17, 15) is 14.9 Å². The minimum absolute atomic E-state index is 0.0814. The fourth-order valence-electron chi connectivity index (χ4n) is 2.24. The monoisotopic (exact) mass is 402 g/mol. The van der Waals surface area contributed by atoms with Gasteiger partial charge in [-0.1, -0.05) is 15.9 Å². The fraction of sp³-hybridized carbons (Fsp3) is 0.176. The first-order valence-corrected chi connectivity index (χ1v) is 8.10. The van der Waals surface area contributed by atoms with E-state index < -0.39 is 4.92 Å². The van der Waals surface area contributed by atoms with Gasteiger partial charge in [0.15, 0.2) is 0 Å². The zero-order valence-corrected chi connectivity index (χ0v) is 15.2. The minimum Gasteiger partial charge on any atom is -0.376 e. The number of hydrogen-bond acceptors (Lipinski definition) is 5. The molecule has 0 unspecified atom stereocenters. The molecule has 0 aliphatic carbocycles. The average molecular weight is 403 g/mol. The first-order chi connectivity index (χ1) is 11.8. The Morgan fingerprint density at radius 1 is 1.32 bits per heavy atom. The topological polar surface area (TPSA) is 108 Å². The van der Waals surface area contributed by atoms with E-state index in [-0.39, 0.29) is 23.7 Å². The molecule has 0 radical (unpaired) electrons. The molecule has 2 aromatic carbocycles. The number of amides is 1. The summed E-state index contributed by atoms with van der Waals surface area (Å²) >= 11 is 3.39. The number of hydrogen-bond donors (Lipinski definition) is 2. The molecule has 2 N–H and O–H groups in total. The van der Waals surface area contributed by atoms with Gasteiger partial charge in [0.1, 0.15) is 0 Å². The van der Waals surface area contributed by atoms with E-state index in [0.29, 0.717) is 16.9 Å². The normalized spacial score (nSPS) is 10.0. The van der Waals surface area contributed by atoms with Crippen LogP contribution in [0.25, 0.3) is 0 Å². The smallest absolute Gasteiger partial charge is 0.275 e. The predicted molar refractivity (Wildman–Crippen MR) is 98.5 cm³/mol. The summed E-state index contributed by atoms with van der Waals surface area (Å²) in [5, 5.41) is 25.7. The number of nitriles is 1. The average Bonchev–Trinajstić information content (AvgIpc) is 2.57. The number of nitro benzene ring substituents is 1. The Kier molecular flexibility index (Phi) is 5.72. The van der Waals surface area contributed by atoms with Gasteiger partial charge in [0.2, 0.25) is 5.91 Å². The molecule has 0 atom stereocenters. The molecular formula is C17H15BrN4O3. The van der Waals surface area contributed by atoms with E-state index in [1.165, 1.54) is 12.1 Å². The molecule has 25 heavy (non-hydrogen) atoms. The summed E-state index contributed by atoms with van der Waals surface area (Å²) in [4.78, 5) is 22.6. The third kappa shape index (κ3) is 4.55. The van der Waals surface area contributed by atoms with Crippen molar-refractivity contribution in [1.29, 1.82) is 5.26 Å². The third-order valence-corrected chi connectivity index (χ3v) is 4.48. The maximum atomic E-state index is 12.1. The van der Waals surface area contributed by atoms with Crippen LogP contribution in [0.1, 0.15) is 16.7 Å². The molecule has 0 fully saturated rings. The largest absolute Gasteiger partial charge is 0.376 e. The predicted octanol–water partition coefficient (Wildman–Crippen LogP) is 3.90. The highest BCUT2D eigenvalue weighted by molar-refractivity contribution is 9.10. The van der Waals surface area contributed by atoms with Crippen LogP contribution in [-0.4, -0.2) is 17.4 Å². The number of benzene rings is 2. The first kappa shape index (κ1) is 18.4. The van der Waals surface area contributed by atoms with E-state index >= 15 is 0 Å². The molecule has 0 spiro atoms. The molecule has 2 aromatic rings. The summed E-state index contributed by atoms with van der Waals surface area (Å²) in [6, 6.07) is 10.0. The van der Waals surface area contributed by atoms with Crippen LogP contribution in [0.4, 0.5) is 17.1 Å². The Hall–Kier alpha value is -2.92. The third-order valence-electron chi connectivity index (χ3n) is 3.59. The summed E-state index contributed by atoms with van der Waals surface area (Å²) in [6.45, 7) is 3.40. The lowest BCUT2D eigenvalue weighted by Gasteiger charge is -2.11. The second kappa shape index (κ2) is 7.77. The summed E-state index contributed by atoms with van der Waals surface area (Å²) in [5.41, 5.74) is 2.39. The maximum absolute atomic E-state index is 12.1. The fourth-order valence-corrected chi connectivity index (χ4v) is 2.49. The highest BCUT2D eigenvalue weighted by Crippen LogP contribution is 2.27. The summed E-state index contributed by atoms with van der Waals surface area (Å²) in [5.74, 6) is -0.300. The summed E-state index contributed by atoms with van der Waals surface area (Å²) < 4.78 is 0.944. The highest BCUT2D eigenvalue weighted by Gasteiger charge is 2.16. The van der Waals surface area contributed by atoms with Crippen LogP contribution in [0.15, 0.2) is 34.8 Å². The Balaban J connectivity index is 2.11. The molecule has 0 saturated heterocycles. The lowest BCUT2D eigenvalue weighted by molar-refractivity contribution is -0.385. The van der Waals surface area contributed by atoms with Gasteiger partial charge < -0.3 is 10.6 Å². The van der Waals surface area contributed by atoms with Crippen molar-refractivity contribution in [3.63, 3.8) is 0 Å². The SMILES string of the molecule is Cc1cc(NC(=O)CNc2cc(C#N)cc([N+](=O)[O-])c2C)ccc1Br. The van der Waals surface area contributed by atoms with Crippen molar-refractivity contribution in [3.05, 3.63) is 61.6 Å². The van der Waals surface area contributed by atoms with Gasteiger partial charge in [0.05, 0.1) is 23.1 Å². The Morgan fingerprint density at radius 3 is 2.64 bits per heavy atom. The number of nitrogens with zero attached hydrogens (tertiary/aromatic N) is 2. The van der Waals surface area contributed by atoms with E-state index in [0.717, 1.165) is 10.0 Å². The van der Waals surface area contributed by atoms with Crippen LogP contribution < -0.4 is 10.6 Å². The van der Waals surface area contributed by atoms with Gasteiger partial charge in [-0.15, -0.1) is 0 Å². The quantitative estimate of drug-likeness (QED) is 0.582. The van der Waals surface area contributed by atoms with Crippen LogP contribution in [0, 0.1) is 35.3 Å². The molecule has 1 amide bonds. The van der Waals surface area contributed by atoms with E-state index in [1.807, 2.05) is 25.1 Å². The van der Waals surface area contributed by atoms with Crippen LogP contribution in [0.3, 0.4) is 0 Å². The second-order valence-electron chi connectivity index (χ2n) is 5.40. The number of halogens is 1. The van der Waals surface area contributed by atoms with E-state index in [4.69, 9.17) is 5.26 Å². The lowest BCUT2D eigenvalue weighted by atomic mass is 10.1. The van der Waals surface area contributed by atoms with Crippen molar-refractivity contribution in [3.8, 4) is 6.07 Å². The van der Waals surface area contributed by atoms with Crippen molar-refractivity contribution in [2.75, 3.05) is 17.2 Å². The van der Waals surface area contributed by atoms with Gasteiger partial charge in [-0.3, -0.25) is 14.9 Å². The maximum Gasteiger partial charge on any atom is 0.275 e. The number of aryl methyl sites for hydroxylation is 1. The molecule has 0 aliphatic rings. The highest BCUT2D eigenvalue weighted by atomic mass is 79.9. The van der Waals surface area contributed by atoms with Crippen LogP contribution in [0.5, 0.6) is 0 Å². The number of carbonyl (C=O) groups is 1. The first-order valence-electron chi connectivity index (χ1n) is 7.31. The zero-order chi connectivity index (χ0) is 18.6. The number of nitrogens with one attached hydrogen (secondary N) is 2. The van der Waals surface area contributed by atoms with Gasteiger partial charge in [-0.25, -0.2) is 0 Å². The van der Waals surface area contributed by atoms with Gasteiger partial charge in [0, 0.05) is 27.5 Å². The second-order valence-corrected chi connectivity index (χ2v) is 6.26. The van der Waals surface area contributed by atoms with Crippen molar-refractivity contribution in [2.24, 2.45) is 0 Å². The molecule has 0 saturated carbocycles. The van der Waals surface area contributed by atoms with Crippen LogP contribution in [0.2, 0.25) is 0 Å². The van der Waals surface area contributed by atoms with Crippen molar-refractivity contribution >= 4 is 38.9 Å². The molecule has 0 heterocycles. The number of rotatable bonds is 5. The molecule has 2 rings (SSSR count). The van der Waals surface area contributed by atoms with Crippen LogP contribution in [-0.2, 0) is 4.79 Å². The van der Waals surface area contributed by atoms with Gasteiger partial charge in [0.25, 0.3) is 5.69 Å². The van der Waals surface area contributed by atoms with E-state index in [1.54, 1.807) is 13.0 Å². The van der Waals surface area contributed by atoms with E-state index in [2.05, 4.69) is 26.6 Å². The van der Waals surface area contributed by atoms with Crippen molar-refractivity contribution in [1.82, 2.24) is 0 Å². The molecule has 128 valence electrons. The Morgan fingerprint density at radius 2 is 2.04 bits per heavy atom. The number of nitro groups is 1. The summed E-state index contributed by atoms with van der Waals surface area (Å²) in [6.07, 6.45) is 0. The molecule has 0 aromatic heterocycles. The number of anilines is 2. The van der Waals surface area contributed by atoms with Crippen molar-refractivity contribution in [2.45, 2.75) is 13.8 Å². The van der Waals surface area contributed by atoms with Crippen molar-refractivity contribution < 1.29 is 9.72 Å². The molecule has 0 aliphatic heterocycles.